The monoisotopic (exact) mass is 289 g/mol. The number of aliphatic hydroxyl groups excluding tert-OH is 1. The van der Waals surface area contributed by atoms with Gasteiger partial charge < -0.3 is 10.0 Å². The predicted molar refractivity (Wildman–Crippen MR) is 90.7 cm³/mol. The lowest BCUT2D eigenvalue weighted by Crippen LogP contribution is -2.40. The Balaban J connectivity index is 2.06. The van der Waals surface area contributed by atoms with Crippen LogP contribution in [-0.4, -0.2) is 24.3 Å². The molecule has 1 N–H and O–H groups in total. The molecule has 1 aliphatic carbocycles. The number of anilines is 1. The zero-order valence-corrected chi connectivity index (χ0v) is 14.0. The molecule has 1 aliphatic rings. The van der Waals surface area contributed by atoms with Gasteiger partial charge in [0.2, 0.25) is 0 Å². The zero-order chi connectivity index (χ0) is 15.4. The number of aryl methyl sites for hydroxylation is 1. The van der Waals surface area contributed by atoms with Crippen molar-refractivity contribution in [3.05, 3.63) is 29.8 Å². The predicted octanol–water partition coefficient (Wildman–Crippen LogP) is 4.25. The van der Waals surface area contributed by atoms with Gasteiger partial charge in [0.15, 0.2) is 0 Å². The highest BCUT2D eigenvalue weighted by Crippen LogP contribution is 2.35. The van der Waals surface area contributed by atoms with E-state index in [-0.39, 0.29) is 6.10 Å². The van der Waals surface area contributed by atoms with Crippen molar-refractivity contribution in [1.29, 1.82) is 0 Å². The first-order valence-corrected chi connectivity index (χ1v) is 8.51. The number of rotatable bonds is 5. The van der Waals surface area contributed by atoms with Gasteiger partial charge >= 0.3 is 0 Å². The van der Waals surface area contributed by atoms with Crippen LogP contribution in [0.25, 0.3) is 0 Å². The normalized spacial score (nSPS) is 26.1. The second-order valence-corrected chi connectivity index (χ2v) is 7.02. The third kappa shape index (κ3) is 4.23. The molecule has 0 aromatic heterocycles. The Morgan fingerprint density at radius 2 is 2.05 bits per heavy atom. The van der Waals surface area contributed by atoms with Crippen LogP contribution in [0.5, 0.6) is 0 Å². The van der Waals surface area contributed by atoms with E-state index >= 15 is 0 Å². The molecule has 0 aliphatic heterocycles. The van der Waals surface area contributed by atoms with E-state index in [4.69, 9.17) is 0 Å². The molecule has 21 heavy (non-hydrogen) atoms. The highest BCUT2D eigenvalue weighted by atomic mass is 16.3. The molecule has 1 saturated carbocycles. The lowest BCUT2D eigenvalue weighted by molar-refractivity contribution is 0.0410. The molecule has 118 valence electrons. The summed E-state index contributed by atoms with van der Waals surface area (Å²) in [5.74, 6) is 1.91. The maximum Gasteiger partial charge on any atom is 0.0585 e. The van der Waals surface area contributed by atoms with Crippen molar-refractivity contribution in [2.24, 2.45) is 17.8 Å². The van der Waals surface area contributed by atoms with Crippen molar-refractivity contribution in [2.45, 2.75) is 53.1 Å². The summed E-state index contributed by atoms with van der Waals surface area (Å²) in [4.78, 5) is 2.42. The van der Waals surface area contributed by atoms with E-state index in [0.717, 1.165) is 31.3 Å². The Kier molecular flexibility index (Phi) is 5.69. The van der Waals surface area contributed by atoms with Gasteiger partial charge in [0.05, 0.1) is 6.10 Å². The van der Waals surface area contributed by atoms with E-state index in [1.54, 1.807) is 0 Å². The smallest absolute Gasteiger partial charge is 0.0585 e. The number of nitrogens with zero attached hydrogens (tertiary/aromatic N) is 1. The molecule has 2 rings (SSSR count). The van der Waals surface area contributed by atoms with Crippen molar-refractivity contribution >= 4 is 5.69 Å². The van der Waals surface area contributed by atoms with Crippen molar-refractivity contribution in [3.63, 3.8) is 0 Å². The van der Waals surface area contributed by atoms with Gasteiger partial charge in [0.25, 0.3) is 0 Å². The van der Waals surface area contributed by atoms with Gasteiger partial charge in [-0.25, -0.2) is 0 Å². The van der Waals surface area contributed by atoms with Crippen LogP contribution in [0.3, 0.4) is 0 Å². The van der Waals surface area contributed by atoms with Crippen LogP contribution < -0.4 is 4.90 Å². The lowest BCUT2D eigenvalue weighted by Gasteiger charge is -2.38. The molecule has 2 nitrogen and oxygen atoms in total. The minimum atomic E-state index is -0.126. The minimum absolute atomic E-state index is 0.126. The molecule has 2 heteroatoms. The van der Waals surface area contributed by atoms with Gasteiger partial charge in [0.1, 0.15) is 0 Å². The number of benzene rings is 1. The topological polar surface area (TPSA) is 23.5 Å². The quantitative estimate of drug-likeness (QED) is 0.875. The van der Waals surface area contributed by atoms with Crippen LogP contribution in [0.4, 0.5) is 5.69 Å². The molecule has 3 unspecified atom stereocenters. The Labute approximate surface area is 130 Å². The molecule has 0 amide bonds. The molecule has 1 fully saturated rings. The first kappa shape index (κ1) is 16.4. The van der Waals surface area contributed by atoms with E-state index in [1.807, 2.05) is 0 Å². The summed E-state index contributed by atoms with van der Waals surface area (Å²) in [6, 6.07) is 8.70. The van der Waals surface area contributed by atoms with Crippen LogP contribution in [0.2, 0.25) is 0 Å². The van der Waals surface area contributed by atoms with Crippen LogP contribution in [0.1, 0.15) is 45.6 Å². The first-order valence-electron chi connectivity index (χ1n) is 8.51. The number of hydrogen-bond acceptors (Lipinski definition) is 2. The summed E-state index contributed by atoms with van der Waals surface area (Å²) in [6.45, 7) is 11.0. The summed E-state index contributed by atoms with van der Waals surface area (Å²) in [7, 11) is 0. The molecular weight excluding hydrogens is 258 g/mol. The molecule has 1 aromatic rings. The van der Waals surface area contributed by atoms with Crippen LogP contribution in [0, 0.1) is 24.7 Å². The fourth-order valence-corrected chi connectivity index (χ4v) is 3.61. The summed E-state index contributed by atoms with van der Waals surface area (Å²) in [6.07, 6.45) is 3.20. The second-order valence-electron chi connectivity index (χ2n) is 7.02. The molecule has 0 heterocycles. The molecule has 3 atom stereocenters. The highest BCUT2D eigenvalue weighted by Gasteiger charge is 2.31. The fourth-order valence-electron chi connectivity index (χ4n) is 3.61. The standard InChI is InChI=1S/C19H31NO/c1-5-20(18-8-6-7-15(4)11-18)13-17-12-16(14(2)3)9-10-19(17)21/h6-8,11,14,16-17,19,21H,5,9-10,12-13H2,1-4H3. The van der Waals surface area contributed by atoms with Gasteiger partial charge in [-0.2, -0.15) is 0 Å². The van der Waals surface area contributed by atoms with E-state index in [0.29, 0.717) is 5.92 Å². The van der Waals surface area contributed by atoms with Gasteiger partial charge in [-0.3, -0.25) is 0 Å². The molecule has 0 bridgehead atoms. The summed E-state index contributed by atoms with van der Waals surface area (Å²) in [5.41, 5.74) is 2.59. The molecule has 0 radical (unpaired) electrons. The molecule has 0 saturated heterocycles. The third-order valence-corrected chi connectivity index (χ3v) is 5.13. The SMILES string of the molecule is CCN(CC1CC(C(C)C)CCC1O)c1cccc(C)c1. The Morgan fingerprint density at radius 3 is 2.67 bits per heavy atom. The Bertz CT molecular complexity index is 443. The van der Waals surface area contributed by atoms with Gasteiger partial charge in [-0.15, -0.1) is 0 Å². The van der Waals surface area contributed by atoms with Crippen molar-refractivity contribution in [1.82, 2.24) is 0 Å². The average molecular weight is 289 g/mol. The lowest BCUT2D eigenvalue weighted by atomic mass is 9.74. The fraction of sp³-hybridized carbons (Fsp3) is 0.684. The highest BCUT2D eigenvalue weighted by molar-refractivity contribution is 5.48. The van der Waals surface area contributed by atoms with E-state index in [1.165, 1.54) is 24.1 Å². The first-order chi connectivity index (χ1) is 10.0. The van der Waals surface area contributed by atoms with E-state index < -0.39 is 0 Å². The van der Waals surface area contributed by atoms with Gasteiger partial charge in [-0.1, -0.05) is 26.0 Å². The summed E-state index contributed by atoms with van der Waals surface area (Å²) < 4.78 is 0. The maximum absolute atomic E-state index is 10.4. The maximum atomic E-state index is 10.4. The van der Waals surface area contributed by atoms with Crippen molar-refractivity contribution in [3.8, 4) is 0 Å². The largest absolute Gasteiger partial charge is 0.393 e. The second kappa shape index (κ2) is 7.31. The number of aliphatic hydroxyl groups is 1. The number of hydrogen-bond donors (Lipinski definition) is 1. The van der Waals surface area contributed by atoms with Crippen LogP contribution >= 0.6 is 0 Å². The zero-order valence-electron chi connectivity index (χ0n) is 14.0. The summed E-state index contributed by atoms with van der Waals surface area (Å²) >= 11 is 0. The minimum Gasteiger partial charge on any atom is -0.393 e. The van der Waals surface area contributed by atoms with Crippen molar-refractivity contribution < 1.29 is 5.11 Å². The van der Waals surface area contributed by atoms with E-state index in [2.05, 4.69) is 56.9 Å². The molecule has 0 spiro atoms. The van der Waals surface area contributed by atoms with Gasteiger partial charge in [-0.05, 0) is 62.6 Å². The Morgan fingerprint density at radius 1 is 1.29 bits per heavy atom. The van der Waals surface area contributed by atoms with Crippen LogP contribution in [0.15, 0.2) is 24.3 Å². The average Bonchev–Trinajstić information content (AvgIpc) is 2.46. The van der Waals surface area contributed by atoms with Gasteiger partial charge in [0, 0.05) is 24.7 Å². The van der Waals surface area contributed by atoms with Crippen molar-refractivity contribution in [2.75, 3.05) is 18.0 Å². The third-order valence-electron chi connectivity index (χ3n) is 5.13. The summed E-state index contributed by atoms with van der Waals surface area (Å²) in [5, 5.41) is 10.4. The van der Waals surface area contributed by atoms with Crippen LogP contribution in [-0.2, 0) is 0 Å². The molecule has 1 aromatic carbocycles. The van der Waals surface area contributed by atoms with E-state index in [9.17, 15) is 5.11 Å². The Hall–Kier alpha value is -1.02. The molecular formula is C19H31NO.